The minimum absolute atomic E-state index is 0.143. The minimum Gasteiger partial charge on any atom is -0.395 e. The Morgan fingerprint density at radius 3 is 2.57 bits per heavy atom. The Hall–Kier alpha value is -2.33. The van der Waals surface area contributed by atoms with Crippen molar-refractivity contribution in [2.24, 2.45) is 0 Å². The first kappa shape index (κ1) is 20.4. The van der Waals surface area contributed by atoms with Crippen LogP contribution < -0.4 is 10.6 Å². The predicted molar refractivity (Wildman–Crippen MR) is 110 cm³/mol. The average Bonchev–Trinajstić information content (AvgIpc) is 3.14. The lowest BCUT2D eigenvalue weighted by Gasteiger charge is -2.33. The number of nitrogens with one attached hydrogen (secondary N) is 2. The lowest BCUT2D eigenvalue weighted by Crippen LogP contribution is -2.49. The number of rotatable bonds is 7. The number of β-amino-alcohol motifs (C(OH)–C–C–N with tert-alkyl or cyclic N) is 1. The number of hydrogen-bond acceptors (Lipinski definition) is 7. The molecule has 1 aliphatic rings. The molecule has 2 aromatic rings. The van der Waals surface area contributed by atoms with E-state index >= 15 is 0 Å². The van der Waals surface area contributed by atoms with E-state index in [-0.39, 0.29) is 25.0 Å². The van der Waals surface area contributed by atoms with Gasteiger partial charge in [0, 0.05) is 38.4 Å². The van der Waals surface area contributed by atoms with Gasteiger partial charge in [-0.2, -0.15) is 0 Å². The van der Waals surface area contributed by atoms with E-state index in [2.05, 4.69) is 25.4 Å². The number of nitrogens with zero attached hydrogens (tertiary/aromatic N) is 3. The molecule has 1 aromatic carbocycles. The molecule has 0 saturated carbocycles. The van der Waals surface area contributed by atoms with Crippen LogP contribution in [0.2, 0.25) is 0 Å². The van der Waals surface area contributed by atoms with E-state index in [1.165, 1.54) is 6.20 Å². The Morgan fingerprint density at radius 1 is 1.14 bits per heavy atom. The van der Waals surface area contributed by atoms with Crippen molar-refractivity contribution in [3.05, 3.63) is 40.9 Å². The number of amides is 2. The van der Waals surface area contributed by atoms with Gasteiger partial charge in [-0.15, -0.1) is 0 Å². The van der Waals surface area contributed by atoms with Crippen LogP contribution in [0.1, 0.15) is 15.2 Å². The highest BCUT2D eigenvalue weighted by Crippen LogP contribution is 2.21. The van der Waals surface area contributed by atoms with Gasteiger partial charge in [-0.3, -0.25) is 19.4 Å². The first-order valence-corrected chi connectivity index (χ1v) is 10.0. The van der Waals surface area contributed by atoms with E-state index in [4.69, 9.17) is 5.11 Å². The van der Waals surface area contributed by atoms with E-state index in [1.54, 1.807) is 0 Å². The third-order valence-electron chi connectivity index (χ3n) is 4.62. The highest BCUT2D eigenvalue weighted by Gasteiger charge is 2.19. The van der Waals surface area contributed by atoms with Crippen molar-refractivity contribution in [3.63, 3.8) is 0 Å². The number of aliphatic hydroxyl groups is 1. The van der Waals surface area contributed by atoms with Crippen LogP contribution in [0.15, 0.2) is 30.5 Å². The molecule has 0 spiro atoms. The second-order valence-electron chi connectivity index (χ2n) is 6.69. The predicted octanol–water partition coefficient (Wildman–Crippen LogP) is 1.25. The summed E-state index contributed by atoms with van der Waals surface area (Å²) >= 11 is 1.15. The van der Waals surface area contributed by atoms with E-state index < -0.39 is 0 Å². The number of aliphatic hydroxyl groups excluding tert-OH is 1. The fourth-order valence-corrected chi connectivity index (χ4v) is 3.74. The molecule has 0 radical (unpaired) electrons. The molecule has 0 aliphatic carbocycles. The lowest BCUT2D eigenvalue weighted by molar-refractivity contribution is -0.117. The van der Waals surface area contributed by atoms with Crippen molar-refractivity contribution in [2.75, 3.05) is 56.5 Å². The van der Waals surface area contributed by atoms with Crippen molar-refractivity contribution in [1.29, 1.82) is 0 Å². The molecule has 0 atom stereocenters. The van der Waals surface area contributed by atoms with Crippen LogP contribution in [-0.2, 0) is 4.79 Å². The number of aryl methyl sites for hydroxylation is 1. The van der Waals surface area contributed by atoms with Gasteiger partial charge in [-0.25, -0.2) is 4.98 Å². The summed E-state index contributed by atoms with van der Waals surface area (Å²) in [6, 6.07) is 7.55. The standard InChI is InChI=1S/C19H25N5O3S/c1-14-4-2-3-5-15(14)21-18(27)16-12-20-19(28-16)22-17(26)13-24-8-6-23(7-9-24)10-11-25/h2-5,12,25H,6-11,13H2,1H3,(H,21,27)(H,20,22,26). The van der Waals surface area contributed by atoms with Crippen LogP contribution in [0.3, 0.4) is 0 Å². The maximum absolute atomic E-state index is 12.4. The summed E-state index contributed by atoms with van der Waals surface area (Å²) in [6.07, 6.45) is 1.47. The van der Waals surface area contributed by atoms with Crippen molar-refractivity contribution < 1.29 is 14.7 Å². The molecule has 1 saturated heterocycles. The Bertz CT molecular complexity index is 817. The second-order valence-corrected chi connectivity index (χ2v) is 7.72. The number of piperazine rings is 1. The number of anilines is 2. The zero-order valence-electron chi connectivity index (χ0n) is 15.9. The van der Waals surface area contributed by atoms with Gasteiger partial charge in [0.25, 0.3) is 5.91 Å². The molecule has 0 bridgehead atoms. The number of carbonyl (C=O) groups is 2. The summed E-state index contributed by atoms with van der Waals surface area (Å²) in [6.45, 7) is 6.30. The molecule has 3 rings (SSSR count). The van der Waals surface area contributed by atoms with E-state index in [0.717, 1.165) is 48.8 Å². The van der Waals surface area contributed by atoms with Gasteiger partial charge < -0.3 is 15.7 Å². The number of para-hydroxylation sites is 1. The number of hydrogen-bond donors (Lipinski definition) is 3. The third kappa shape index (κ3) is 5.59. The highest BCUT2D eigenvalue weighted by molar-refractivity contribution is 7.17. The molecule has 2 heterocycles. The maximum Gasteiger partial charge on any atom is 0.267 e. The van der Waals surface area contributed by atoms with Crippen LogP contribution >= 0.6 is 11.3 Å². The topological polar surface area (TPSA) is 97.8 Å². The number of benzene rings is 1. The first-order chi connectivity index (χ1) is 13.5. The number of carbonyl (C=O) groups excluding carboxylic acids is 2. The van der Waals surface area contributed by atoms with Gasteiger partial charge in [-0.1, -0.05) is 29.5 Å². The van der Waals surface area contributed by atoms with Gasteiger partial charge in [-0.05, 0) is 18.6 Å². The molecule has 9 heteroatoms. The second kappa shape index (κ2) is 9.74. The quantitative estimate of drug-likeness (QED) is 0.644. The maximum atomic E-state index is 12.4. The monoisotopic (exact) mass is 403 g/mol. The van der Waals surface area contributed by atoms with Crippen LogP contribution in [0.5, 0.6) is 0 Å². The Kier molecular flexibility index (Phi) is 7.10. The summed E-state index contributed by atoms with van der Waals surface area (Å²) in [5, 5.41) is 15.0. The van der Waals surface area contributed by atoms with E-state index in [9.17, 15) is 9.59 Å². The van der Waals surface area contributed by atoms with E-state index in [0.29, 0.717) is 16.6 Å². The molecule has 28 heavy (non-hydrogen) atoms. The van der Waals surface area contributed by atoms with Gasteiger partial charge in [0.1, 0.15) is 4.88 Å². The van der Waals surface area contributed by atoms with Crippen molar-refractivity contribution >= 4 is 34.0 Å². The molecule has 1 aromatic heterocycles. The largest absolute Gasteiger partial charge is 0.395 e. The summed E-state index contributed by atoms with van der Waals surface area (Å²) in [4.78, 5) is 33.5. The lowest BCUT2D eigenvalue weighted by atomic mass is 10.2. The smallest absolute Gasteiger partial charge is 0.267 e. The van der Waals surface area contributed by atoms with Crippen LogP contribution in [-0.4, -0.2) is 77.6 Å². The molecule has 1 fully saturated rings. The molecular formula is C19H25N5O3S. The number of thiazole rings is 1. The Labute approximate surface area is 168 Å². The Morgan fingerprint density at radius 2 is 1.86 bits per heavy atom. The van der Waals surface area contributed by atoms with Gasteiger partial charge in [0.2, 0.25) is 5.91 Å². The van der Waals surface area contributed by atoms with Crippen LogP contribution in [0, 0.1) is 6.92 Å². The SMILES string of the molecule is Cc1ccccc1NC(=O)c1cnc(NC(=O)CN2CCN(CCO)CC2)s1. The number of aromatic nitrogens is 1. The highest BCUT2D eigenvalue weighted by atomic mass is 32.1. The average molecular weight is 404 g/mol. The minimum atomic E-state index is -0.243. The molecule has 0 unspecified atom stereocenters. The first-order valence-electron chi connectivity index (χ1n) is 9.23. The van der Waals surface area contributed by atoms with Gasteiger partial charge in [0.05, 0.1) is 19.3 Å². The normalized spacial score (nSPS) is 15.4. The molecule has 3 N–H and O–H groups in total. The van der Waals surface area contributed by atoms with Crippen molar-refractivity contribution in [1.82, 2.24) is 14.8 Å². The molecule has 1 aliphatic heterocycles. The van der Waals surface area contributed by atoms with Crippen LogP contribution in [0.25, 0.3) is 0 Å². The molecular weight excluding hydrogens is 378 g/mol. The fourth-order valence-electron chi connectivity index (χ4n) is 3.01. The van der Waals surface area contributed by atoms with E-state index in [1.807, 2.05) is 31.2 Å². The van der Waals surface area contributed by atoms with Crippen molar-refractivity contribution in [3.8, 4) is 0 Å². The zero-order chi connectivity index (χ0) is 19.9. The molecule has 150 valence electrons. The molecule has 2 amide bonds. The fraction of sp³-hybridized carbons (Fsp3) is 0.421. The summed E-state index contributed by atoms with van der Waals surface area (Å²) < 4.78 is 0. The Balaban J connectivity index is 1.48. The zero-order valence-corrected chi connectivity index (χ0v) is 16.7. The molecule has 8 nitrogen and oxygen atoms in total. The summed E-state index contributed by atoms with van der Waals surface area (Å²) in [7, 11) is 0. The van der Waals surface area contributed by atoms with Crippen molar-refractivity contribution in [2.45, 2.75) is 6.92 Å². The van der Waals surface area contributed by atoms with Gasteiger partial charge >= 0.3 is 0 Å². The summed E-state index contributed by atoms with van der Waals surface area (Å²) in [5.74, 6) is -0.386. The third-order valence-corrected chi connectivity index (χ3v) is 5.53. The van der Waals surface area contributed by atoms with Crippen LogP contribution in [0.4, 0.5) is 10.8 Å². The van der Waals surface area contributed by atoms with Gasteiger partial charge in [0.15, 0.2) is 5.13 Å². The summed E-state index contributed by atoms with van der Waals surface area (Å²) in [5.41, 5.74) is 1.74.